The number of nitro groups is 1. The third-order valence-corrected chi connectivity index (χ3v) is 7.53. The molecule has 232 valence electrons. The van der Waals surface area contributed by atoms with Gasteiger partial charge in [-0.05, 0) is 99.8 Å². The summed E-state index contributed by atoms with van der Waals surface area (Å²) in [5.41, 5.74) is 7.12. The van der Waals surface area contributed by atoms with Crippen LogP contribution in [0.4, 0.5) is 16.2 Å². The Bertz CT molecular complexity index is 1920. The smallest absolute Gasteiger partial charge is 0.437 e. The molecular formula is C35H36N4O6. The lowest BCUT2D eigenvalue weighted by Gasteiger charge is -2.16. The summed E-state index contributed by atoms with van der Waals surface area (Å²) in [7, 11) is 1.63. The van der Waals surface area contributed by atoms with E-state index >= 15 is 0 Å². The molecule has 0 aliphatic rings. The van der Waals surface area contributed by atoms with Gasteiger partial charge in [0.1, 0.15) is 17.6 Å². The molecular weight excluding hydrogens is 572 g/mol. The average molecular weight is 609 g/mol. The minimum Gasteiger partial charge on any atom is -0.488 e. The van der Waals surface area contributed by atoms with Gasteiger partial charge < -0.3 is 14.0 Å². The van der Waals surface area contributed by atoms with Crippen molar-refractivity contribution in [3.8, 4) is 5.75 Å². The van der Waals surface area contributed by atoms with Gasteiger partial charge in [-0.1, -0.05) is 17.3 Å². The predicted octanol–water partition coefficient (Wildman–Crippen LogP) is 8.06. The monoisotopic (exact) mass is 608 g/mol. The fourth-order valence-electron chi connectivity index (χ4n) is 5.70. The maximum atomic E-state index is 12.9. The maximum absolute atomic E-state index is 12.9. The molecule has 0 saturated heterocycles. The molecule has 45 heavy (non-hydrogen) atoms. The fraction of sp³-hybridized carbons (Fsp3) is 0.257. The highest BCUT2D eigenvalue weighted by Gasteiger charge is 2.19. The van der Waals surface area contributed by atoms with Crippen molar-refractivity contribution in [2.24, 2.45) is 5.16 Å². The van der Waals surface area contributed by atoms with Crippen molar-refractivity contribution in [1.82, 2.24) is 4.57 Å². The quantitative estimate of drug-likeness (QED) is 0.0742. The maximum Gasteiger partial charge on any atom is 0.437 e. The molecule has 0 aliphatic heterocycles. The standard InChI is InChI=1S/C35H36N4O6/c1-7-38-32-12-8-25(18-30(32)31-19-27(39(41)42)9-13-33(31)38)34(29-11-10-28(17-23(29)4)44-24(5)20-43-6)37-45-35(40)36-26-15-21(2)14-22(3)16-26/h8-19,24H,7,20H2,1-6H3,(H,36,40)/b37-34-. The zero-order valence-electron chi connectivity index (χ0n) is 26.2. The molecule has 0 bridgehead atoms. The summed E-state index contributed by atoms with van der Waals surface area (Å²) < 4.78 is 13.3. The van der Waals surface area contributed by atoms with Crippen LogP contribution >= 0.6 is 0 Å². The first-order chi connectivity index (χ1) is 21.6. The number of nitrogens with zero attached hydrogens (tertiary/aromatic N) is 3. The molecule has 1 aromatic heterocycles. The van der Waals surface area contributed by atoms with E-state index in [1.54, 1.807) is 19.2 Å². The largest absolute Gasteiger partial charge is 0.488 e. The molecule has 0 aliphatic carbocycles. The normalized spacial score (nSPS) is 12.4. The van der Waals surface area contributed by atoms with Gasteiger partial charge in [0.05, 0.1) is 11.5 Å². The van der Waals surface area contributed by atoms with Crippen molar-refractivity contribution in [3.63, 3.8) is 0 Å². The van der Waals surface area contributed by atoms with E-state index in [1.165, 1.54) is 6.07 Å². The molecule has 1 N–H and O–H groups in total. The van der Waals surface area contributed by atoms with Crippen LogP contribution in [0, 0.1) is 30.9 Å². The van der Waals surface area contributed by atoms with Crippen LogP contribution < -0.4 is 10.1 Å². The van der Waals surface area contributed by atoms with Gasteiger partial charge in [-0.15, -0.1) is 0 Å². The Kier molecular flexibility index (Phi) is 9.15. The van der Waals surface area contributed by atoms with Crippen molar-refractivity contribution < 1.29 is 24.0 Å². The Hall–Kier alpha value is -5.22. The molecule has 10 nitrogen and oxygen atoms in total. The predicted molar refractivity (Wildman–Crippen MR) is 177 cm³/mol. The van der Waals surface area contributed by atoms with Gasteiger partial charge in [0.25, 0.3) is 5.69 Å². The summed E-state index contributed by atoms with van der Waals surface area (Å²) in [4.78, 5) is 29.6. The minimum absolute atomic E-state index is 0.0115. The van der Waals surface area contributed by atoms with E-state index in [9.17, 15) is 14.9 Å². The molecule has 0 saturated carbocycles. The summed E-state index contributed by atoms with van der Waals surface area (Å²) in [6, 6.07) is 22.0. The van der Waals surface area contributed by atoms with Gasteiger partial charge in [-0.25, -0.2) is 4.79 Å². The van der Waals surface area contributed by atoms with E-state index < -0.39 is 11.0 Å². The zero-order chi connectivity index (χ0) is 32.2. The average Bonchev–Trinajstić information content (AvgIpc) is 3.30. The number of non-ortho nitro benzene ring substituents is 1. The molecule has 4 aromatic carbocycles. The Labute approximate surface area is 261 Å². The van der Waals surface area contributed by atoms with Gasteiger partial charge in [0.15, 0.2) is 0 Å². The van der Waals surface area contributed by atoms with Crippen LogP contribution in [0.3, 0.4) is 0 Å². The summed E-state index contributed by atoms with van der Waals surface area (Å²) in [5, 5.41) is 20.3. The number of hydrogen-bond acceptors (Lipinski definition) is 7. The van der Waals surface area contributed by atoms with Crippen LogP contribution in [-0.4, -0.2) is 41.1 Å². The Morgan fingerprint density at radius 1 is 0.956 bits per heavy atom. The summed E-state index contributed by atoms with van der Waals surface area (Å²) >= 11 is 0. The molecule has 0 fully saturated rings. The zero-order valence-corrected chi connectivity index (χ0v) is 26.2. The molecule has 1 amide bonds. The molecule has 0 spiro atoms. The summed E-state index contributed by atoms with van der Waals surface area (Å²) in [5.74, 6) is 0.669. The van der Waals surface area contributed by atoms with Crippen molar-refractivity contribution in [3.05, 3.63) is 111 Å². The molecule has 0 radical (unpaired) electrons. The number of anilines is 1. The van der Waals surface area contributed by atoms with Gasteiger partial charge in [-0.3, -0.25) is 20.3 Å². The van der Waals surface area contributed by atoms with Crippen LogP contribution in [0.1, 0.15) is 41.7 Å². The first kappa shape index (κ1) is 31.2. The number of hydrogen-bond donors (Lipinski definition) is 1. The SMILES string of the molecule is CCn1c2ccc(/C(=N/OC(=O)Nc3cc(C)cc(C)c3)c3ccc(OC(C)COC)cc3C)cc2c2cc([N+](=O)[O-])ccc21. The topological polar surface area (TPSA) is 117 Å². The Balaban J connectivity index is 1.60. The van der Waals surface area contributed by atoms with Crippen LogP contribution in [0.2, 0.25) is 0 Å². The van der Waals surface area contributed by atoms with Crippen molar-refractivity contribution in [2.45, 2.75) is 47.3 Å². The van der Waals surface area contributed by atoms with Gasteiger partial charge in [-0.2, -0.15) is 0 Å². The molecule has 5 aromatic rings. The summed E-state index contributed by atoms with van der Waals surface area (Å²) in [6.45, 7) is 10.9. The van der Waals surface area contributed by atoms with Crippen LogP contribution in [0.15, 0.2) is 78.0 Å². The van der Waals surface area contributed by atoms with E-state index in [0.29, 0.717) is 35.9 Å². The van der Waals surface area contributed by atoms with E-state index in [2.05, 4.69) is 15.0 Å². The van der Waals surface area contributed by atoms with Crippen molar-refractivity contribution in [1.29, 1.82) is 0 Å². The van der Waals surface area contributed by atoms with Gasteiger partial charge in [0.2, 0.25) is 0 Å². The Morgan fingerprint density at radius 3 is 2.29 bits per heavy atom. The number of carbonyl (C=O) groups is 1. The molecule has 1 heterocycles. The van der Waals surface area contributed by atoms with E-state index in [-0.39, 0.29) is 11.8 Å². The van der Waals surface area contributed by atoms with Gasteiger partial charge >= 0.3 is 6.09 Å². The number of benzene rings is 4. The van der Waals surface area contributed by atoms with Crippen LogP contribution in [-0.2, 0) is 16.1 Å². The number of nitrogens with one attached hydrogen (secondary N) is 1. The second-order valence-corrected chi connectivity index (χ2v) is 11.1. The number of rotatable bonds is 10. The van der Waals surface area contributed by atoms with E-state index in [0.717, 1.165) is 44.1 Å². The lowest BCUT2D eigenvalue weighted by Crippen LogP contribution is -2.18. The third-order valence-electron chi connectivity index (χ3n) is 7.53. The van der Waals surface area contributed by atoms with Crippen LogP contribution in [0.25, 0.3) is 21.8 Å². The highest BCUT2D eigenvalue weighted by molar-refractivity contribution is 6.17. The lowest BCUT2D eigenvalue weighted by atomic mass is 9.96. The second kappa shape index (κ2) is 13.2. The number of ether oxygens (including phenoxy) is 2. The third kappa shape index (κ3) is 6.81. The highest BCUT2D eigenvalue weighted by atomic mass is 16.7. The fourth-order valence-corrected chi connectivity index (χ4v) is 5.70. The molecule has 10 heteroatoms. The van der Waals surface area contributed by atoms with Crippen LogP contribution in [0.5, 0.6) is 5.75 Å². The number of nitro benzene ring substituents is 1. The highest BCUT2D eigenvalue weighted by Crippen LogP contribution is 2.33. The first-order valence-corrected chi connectivity index (χ1v) is 14.7. The van der Waals surface area contributed by atoms with E-state index in [1.807, 2.05) is 89.2 Å². The number of carbonyl (C=O) groups excluding carboxylic acids is 1. The van der Waals surface area contributed by atoms with Crippen molar-refractivity contribution >= 4 is 45.0 Å². The summed E-state index contributed by atoms with van der Waals surface area (Å²) in [6.07, 6.45) is -0.879. The van der Waals surface area contributed by atoms with Crippen molar-refractivity contribution in [2.75, 3.05) is 19.0 Å². The number of aromatic nitrogens is 1. The number of aryl methyl sites for hydroxylation is 4. The second-order valence-electron chi connectivity index (χ2n) is 11.1. The number of amides is 1. The van der Waals surface area contributed by atoms with Gasteiger partial charge in [0, 0.05) is 64.4 Å². The minimum atomic E-state index is -0.734. The lowest BCUT2D eigenvalue weighted by molar-refractivity contribution is -0.384. The first-order valence-electron chi connectivity index (χ1n) is 14.7. The number of methoxy groups -OCH3 is 1. The molecule has 1 atom stereocenters. The number of fused-ring (bicyclic) bond motifs is 3. The molecule has 5 rings (SSSR count). The Morgan fingerprint density at radius 2 is 1.64 bits per heavy atom. The van der Waals surface area contributed by atoms with E-state index in [4.69, 9.17) is 14.3 Å². The molecule has 1 unspecified atom stereocenters. The number of oxime groups is 1.